The maximum absolute atomic E-state index is 11.3. The molecule has 0 heterocycles. The van der Waals surface area contributed by atoms with E-state index >= 15 is 0 Å². The zero-order chi connectivity index (χ0) is 12.1. The number of carboxylic acids is 1. The topological polar surface area (TPSA) is 49.3 Å². The average Bonchev–Trinajstić information content (AvgIpc) is 2.25. The molecule has 0 aromatic carbocycles. The van der Waals surface area contributed by atoms with E-state index in [2.05, 4.69) is 26.1 Å². The van der Waals surface area contributed by atoms with Gasteiger partial charge >= 0.3 is 5.97 Å². The summed E-state index contributed by atoms with van der Waals surface area (Å²) in [5.41, 5.74) is 0. The third-order valence-corrected chi connectivity index (χ3v) is 3.79. The van der Waals surface area contributed by atoms with E-state index in [0.29, 0.717) is 17.9 Å². The van der Waals surface area contributed by atoms with E-state index in [0.717, 1.165) is 19.3 Å². The summed E-state index contributed by atoms with van der Waals surface area (Å²) >= 11 is 0. The van der Waals surface area contributed by atoms with Crippen molar-refractivity contribution in [2.75, 3.05) is 0 Å². The van der Waals surface area contributed by atoms with E-state index in [9.17, 15) is 9.90 Å². The van der Waals surface area contributed by atoms with Gasteiger partial charge in [0.25, 0.3) is 0 Å². The van der Waals surface area contributed by atoms with Gasteiger partial charge in [0, 0.05) is 6.04 Å². The molecule has 1 aliphatic carbocycles. The van der Waals surface area contributed by atoms with Crippen LogP contribution in [0.4, 0.5) is 0 Å². The maximum Gasteiger partial charge on any atom is 0.320 e. The van der Waals surface area contributed by atoms with Gasteiger partial charge in [-0.1, -0.05) is 26.7 Å². The van der Waals surface area contributed by atoms with Crippen molar-refractivity contribution in [1.82, 2.24) is 5.32 Å². The fourth-order valence-corrected chi connectivity index (χ4v) is 2.62. The highest BCUT2D eigenvalue weighted by Crippen LogP contribution is 2.31. The molecule has 0 spiro atoms. The molecular formula is C13H25NO2. The number of carboxylic acid groups (broad SMARTS) is 1. The maximum atomic E-state index is 11.3. The number of aliphatic carboxylic acids is 1. The van der Waals surface area contributed by atoms with Gasteiger partial charge in [-0.3, -0.25) is 4.79 Å². The first-order valence-electron chi connectivity index (χ1n) is 6.53. The minimum absolute atomic E-state index is 0.290. The standard InChI is InChI=1S/C13H25NO2/c1-4-10(3)14-12(13(15)16)11-7-5-6-9(2)8-11/h9-12,14H,4-8H2,1-3H3,(H,15,16). The van der Waals surface area contributed by atoms with Crippen molar-refractivity contribution in [3.05, 3.63) is 0 Å². The monoisotopic (exact) mass is 227 g/mol. The Bertz CT molecular complexity index is 230. The summed E-state index contributed by atoms with van der Waals surface area (Å²) in [7, 11) is 0. The van der Waals surface area contributed by atoms with Crippen LogP contribution in [0.15, 0.2) is 0 Å². The van der Waals surface area contributed by atoms with E-state index in [-0.39, 0.29) is 6.04 Å². The van der Waals surface area contributed by atoms with Crippen molar-refractivity contribution in [1.29, 1.82) is 0 Å². The molecule has 1 rings (SSSR count). The first kappa shape index (κ1) is 13.5. The normalized spacial score (nSPS) is 29.7. The van der Waals surface area contributed by atoms with Gasteiger partial charge < -0.3 is 10.4 Å². The summed E-state index contributed by atoms with van der Waals surface area (Å²) in [4.78, 5) is 11.3. The molecule has 16 heavy (non-hydrogen) atoms. The second-order valence-electron chi connectivity index (χ2n) is 5.32. The van der Waals surface area contributed by atoms with Crippen LogP contribution in [0.1, 0.15) is 52.9 Å². The molecule has 1 fully saturated rings. The predicted molar refractivity (Wildman–Crippen MR) is 65.4 cm³/mol. The Morgan fingerprint density at radius 1 is 1.50 bits per heavy atom. The van der Waals surface area contributed by atoms with Crippen LogP contribution < -0.4 is 5.32 Å². The fraction of sp³-hybridized carbons (Fsp3) is 0.923. The lowest BCUT2D eigenvalue weighted by Gasteiger charge is -2.33. The van der Waals surface area contributed by atoms with Gasteiger partial charge in [0.2, 0.25) is 0 Å². The Hall–Kier alpha value is -0.570. The third-order valence-electron chi connectivity index (χ3n) is 3.79. The van der Waals surface area contributed by atoms with Gasteiger partial charge in [-0.15, -0.1) is 0 Å². The van der Waals surface area contributed by atoms with E-state index < -0.39 is 5.97 Å². The summed E-state index contributed by atoms with van der Waals surface area (Å²) in [6, 6.07) is -0.0592. The highest BCUT2D eigenvalue weighted by Gasteiger charge is 2.31. The molecule has 0 aliphatic heterocycles. The molecule has 0 aromatic heterocycles. The van der Waals surface area contributed by atoms with Crippen molar-refractivity contribution in [2.45, 2.75) is 65.0 Å². The molecule has 1 aliphatic rings. The summed E-state index contributed by atoms with van der Waals surface area (Å²) in [6.07, 6.45) is 5.53. The van der Waals surface area contributed by atoms with Gasteiger partial charge in [-0.25, -0.2) is 0 Å². The summed E-state index contributed by atoms with van der Waals surface area (Å²) in [6.45, 7) is 6.37. The van der Waals surface area contributed by atoms with Gasteiger partial charge in [0.1, 0.15) is 6.04 Å². The SMILES string of the molecule is CCC(C)NC(C(=O)O)C1CCCC(C)C1. The highest BCUT2D eigenvalue weighted by atomic mass is 16.4. The molecule has 0 saturated heterocycles. The number of hydrogen-bond acceptors (Lipinski definition) is 2. The minimum Gasteiger partial charge on any atom is -0.480 e. The summed E-state index contributed by atoms with van der Waals surface area (Å²) < 4.78 is 0. The van der Waals surface area contributed by atoms with Crippen LogP contribution in [0.25, 0.3) is 0 Å². The molecule has 94 valence electrons. The molecule has 1 saturated carbocycles. The Labute approximate surface area is 98.6 Å². The molecular weight excluding hydrogens is 202 g/mol. The first-order valence-corrected chi connectivity index (χ1v) is 6.53. The fourth-order valence-electron chi connectivity index (χ4n) is 2.62. The van der Waals surface area contributed by atoms with Gasteiger partial charge in [0.05, 0.1) is 0 Å². The Morgan fingerprint density at radius 3 is 2.69 bits per heavy atom. The van der Waals surface area contributed by atoms with Crippen LogP contribution in [0, 0.1) is 11.8 Å². The van der Waals surface area contributed by atoms with Crippen LogP contribution in [0.2, 0.25) is 0 Å². The minimum atomic E-state index is -0.681. The van der Waals surface area contributed by atoms with Crippen LogP contribution in [0.5, 0.6) is 0 Å². The van der Waals surface area contributed by atoms with E-state index in [1.165, 1.54) is 12.8 Å². The largest absolute Gasteiger partial charge is 0.480 e. The summed E-state index contributed by atoms with van der Waals surface area (Å²) in [5.74, 6) is 0.314. The number of rotatable bonds is 5. The average molecular weight is 227 g/mol. The van der Waals surface area contributed by atoms with Crippen molar-refractivity contribution in [2.24, 2.45) is 11.8 Å². The van der Waals surface area contributed by atoms with Crippen molar-refractivity contribution in [3.8, 4) is 0 Å². The lowest BCUT2D eigenvalue weighted by atomic mass is 9.78. The lowest BCUT2D eigenvalue weighted by molar-refractivity contribution is -0.141. The quantitative estimate of drug-likeness (QED) is 0.759. The van der Waals surface area contributed by atoms with E-state index in [1.807, 2.05) is 0 Å². The Morgan fingerprint density at radius 2 is 2.19 bits per heavy atom. The van der Waals surface area contributed by atoms with Crippen molar-refractivity contribution >= 4 is 5.97 Å². The Kier molecular flexibility index (Phi) is 5.26. The van der Waals surface area contributed by atoms with Crippen molar-refractivity contribution < 1.29 is 9.90 Å². The van der Waals surface area contributed by atoms with Gasteiger partial charge in [-0.05, 0) is 38.0 Å². The molecule has 0 radical (unpaired) electrons. The van der Waals surface area contributed by atoms with Crippen LogP contribution in [0.3, 0.4) is 0 Å². The second kappa shape index (κ2) is 6.24. The number of nitrogens with one attached hydrogen (secondary N) is 1. The molecule has 0 aromatic rings. The molecule has 3 heteroatoms. The smallest absolute Gasteiger partial charge is 0.320 e. The highest BCUT2D eigenvalue weighted by molar-refractivity contribution is 5.74. The van der Waals surface area contributed by atoms with Crippen molar-refractivity contribution in [3.63, 3.8) is 0 Å². The van der Waals surface area contributed by atoms with Crippen LogP contribution in [-0.2, 0) is 4.79 Å². The second-order valence-corrected chi connectivity index (χ2v) is 5.32. The predicted octanol–water partition coefficient (Wildman–Crippen LogP) is 2.65. The molecule has 4 unspecified atom stereocenters. The van der Waals surface area contributed by atoms with Crippen LogP contribution in [-0.4, -0.2) is 23.2 Å². The number of carbonyl (C=O) groups is 1. The zero-order valence-electron chi connectivity index (χ0n) is 10.7. The lowest BCUT2D eigenvalue weighted by Crippen LogP contribution is -2.47. The molecule has 2 N–H and O–H groups in total. The molecule has 0 amide bonds. The van der Waals surface area contributed by atoms with Gasteiger partial charge in [-0.2, -0.15) is 0 Å². The number of hydrogen-bond donors (Lipinski definition) is 2. The summed E-state index contributed by atoms with van der Waals surface area (Å²) in [5, 5.41) is 12.6. The Balaban J connectivity index is 2.58. The van der Waals surface area contributed by atoms with E-state index in [4.69, 9.17) is 0 Å². The third kappa shape index (κ3) is 3.78. The van der Waals surface area contributed by atoms with Crippen LogP contribution >= 0.6 is 0 Å². The zero-order valence-corrected chi connectivity index (χ0v) is 10.7. The molecule has 3 nitrogen and oxygen atoms in total. The first-order chi connectivity index (χ1) is 7.54. The molecule has 0 bridgehead atoms. The van der Waals surface area contributed by atoms with E-state index in [1.54, 1.807) is 0 Å². The molecule has 4 atom stereocenters. The van der Waals surface area contributed by atoms with Gasteiger partial charge in [0.15, 0.2) is 0 Å².